The number of alkyl halides is 1. The lowest BCUT2D eigenvalue weighted by atomic mass is 10.1. The van der Waals surface area contributed by atoms with Crippen molar-refractivity contribution in [3.63, 3.8) is 0 Å². The summed E-state index contributed by atoms with van der Waals surface area (Å²) < 4.78 is 10.0. The highest BCUT2D eigenvalue weighted by atomic mass is 35.5. The second kappa shape index (κ2) is 10.2. The molecule has 30 heavy (non-hydrogen) atoms. The second-order valence-corrected chi connectivity index (χ2v) is 8.70. The minimum Gasteiger partial charge on any atom is -0.500 e. The van der Waals surface area contributed by atoms with Crippen molar-refractivity contribution in [2.24, 2.45) is 0 Å². The van der Waals surface area contributed by atoms with E-state index in [0.717, 1.165) is 28.3 Å². The van der Waals surface area contributed by atoms with Crippen LogP contribution < -0.4 is 0 Å². The molecule has 1 aliphatic rings. The Kier molecular flexibility index (Phi) is 8.21. The van der Waals surface area contributed by atoms with Crippen LogP contribution in [0.15, 0.2) is 30.5 Å². The van der Waals surface area contributed by atoms with Crippen molar-refractivity contribution in [1.82, 2.24) is 14.9 Å². The third-order valence-corrected chi connectivity index (χ3v) is 4.91. The van der Waals surface area contributed by atoms with E-state index in [4.69, 9.17) is 27.9 Å². The highest BCUT2D eigenvalue weighted by molar-refractivity contribution is 6.33. The van der Waals surface area contributed by atoms with Gasteiger partial charge in [0.1, 0.15) is 17.2 Å². The Morgan fingerprint density at radius 2 is 2.07 bits per heavy atom. The van der Waals surface area contributed by atoms with Crippen LogP contribution in [0.4, 0.5) is 4.79 Å². The Morgan fingerprint density at radius 1 is 1.37 bits per heavy atom. The van der Waals surface area contributed by atoms with Crippen molar-refractivity contribution in [3.8, 4) is 11.4 Å². The average molecular weight is 454 g/mol. The number of H-pyrrole nitrogens is 1. The Balaban J connectivity index is 0.000000469. The molecule has 0 unspecified atom stereocenters. The van der Waals surface area contributed by atoms with E-state index in [-0.39, 0.29) is 6.09 Å². The van der Waals surface area contributed by atoms with Crippen molar-refractivity contribution >= 4 is 29.3 Å². The number of aromatic nitrogens is 2. The Morgan fingerprint density at radius 3 is 2.60 bits per heavy atom. The molecule has 0 radical (unpaired) electrons. The summed E-state index contributed by atoms with van der Waals surface area (Å²) in [5.74, 6) is 1.74. The number of halogens is 2. The van der Waals surface area contributed by atoms with E-state index in [1.54, 1.807) is 12.0 Å². The van der Waals surface area contributed by atoms with Crippen LogP contribution in [0.1, 0.15) is 37.7 Å². The quantitative estimate of drug-likeness (QED) is 0.476. The zero-order valence-electron chi connectivity index (χ0n) is 18.1. The number of amides is 1. The molecular weight excluding hydrogens is 425 g/mol. The van der Waals surface area contributed by atoms with Gasteiger partial charge in [-0.15, -0.1) is 11.6 Å². The number of hydrogen-bond donors (Lipinski definition) is 1. The van der Waals surface area contributed by atoms with Gasteiger partial charge in [-0.25, -0.2) is 9.78 Å². The molecule has 2 aromatic rings. The molecule has 1 aliphatic heterocycles. The lowest BCUT2D eigenvalue weighted by Gasteiger charge is -2.29. The minimum atomic E-state index is -0.494. The number of methoxy groups -OCH3 is 1. The van der Waals surface area contributed by atoms with Crippen LogP contribution in [0.3, 0.4) is 0 Å². The van der Waals surface area contributed by atoms with E-state index >= 15 is 0 Å². The lowest BCUT2D eigenvalue weighted by Crippen LogP contribution is -2.39. The highest BCUT2D eigenvalue weighted by Gasteiger charge is 2.28. The molecule has 0 saturated carbocycles. The summed E-state index contributed by atoms with van der Waals surface area (Å²) in [6.07, 6.45) is 0.409. The van der Waals surface area contributed by atoms with Gasteiger partial charge in [0.05, 0.1) is 35.9 Å². The van der Waals surface area contributed by atoms with Crippen molar-refractivity contribution < 1.29 is 14.3 Å². The number of rotatable bonds is 3. The molecule has 1 amide bonds. The Labute approximate surface area is 188 Å². The topological polar surface area (TPSA) is 67.5 Å². The smallest absolute Gasteiger partial charge is 0.410 e. The minimum absolute atomic E-state index is 0.294. The molecule has 0 saturated heterocycles. The van der Waals surface area contributed by atoms with Crippen LogP contribution in [-0.2, 0) is 22.4 Å². The number of carbonyl (C=O) groups excluding carboxylic acids is 1. The number of ether oxygens (including phenoxy) is 2. The summed E-state index contributed by atoms with van der Waals surface area (Å²) in [6, 6.07) is 5.90. The van der Waals surface area contributed by atoms with Crippen LogP contribution in [-0.4, -0.2) is 46.1 Å². The number of carbonyl (C=O) groups is 1. The van der Waals surface area contributed by atoms with Gasteiger partial charge < -0.3 is 19.4 Å². The number of allylic oxidation sites excluding steroid dienone is 1. The van der Waals surface area contributed by atoms with Crippen molar-refractivity contribution in [1.29, 1.82) is 0 Å². The maximum Gasteiger partial charge on any atom is 0.410 e. The first-order valence-corrected chi connectivity index (χ1v) is 10.5. The maximum absolute atomic E-state index is 12.2. The van der Waals surface area contributed by atoms with Crippen LogP contribution in [0.5, 0.6) is 0 Å². The summed E-state index contributed by atoms with van der Waals surface area (Å²) in [6.45, 7) is 12.1. The van der Waals surface area contributed by atoms with Gasteiger partial charge in [0.25, 0.3) is 0 Å². The van der Waals surface area contributed by atoms with Gasteiger partial charge in [0.15, 0.2) is 0 Å². The number of aryl methyl sites for hydroxylation is 1. The number of benzene rings is 1. The van der Waals surface area contributed by atoms with Crippen LogP contribution in [0.25, 0.3) is 11.4 Å². The van der Waals surface area contributed by atoms with Crippen molar-refractivity contribution in [2.45, 2.75) is 46.3 Å². The molecule has 8 heteroatoms. The van der Waals surface area contributed by atoms with E-state index in [9.17, 15) is 4.79 Å². The first-order valence-electron chi connectivity index (χ1n) is 9.64. The van der Waals surface area contributed by atoms with Gasteiger partial charge in [0.2, 0.25) is 0 Å². The van der Waals surface area contributed by atoms with Gasteiger partial charge in [-0.05, 0) is 45.4 Å². The number of imidazole rings is 1. The molecule has 2 heterocycles. The van der Waals surface area contributed by atoms with Crippen LogP contribution >= 0.6 is 23.2 Å². The molecule has 1 aromatic carbocycles. The summed E-state index contributed by atoms with van der Waals surface area (Å²) in [5.41, 5.74) is 3.42. The van der Waals surface area contributed by atoms with Gasteiger partial charge in [-0.1, -0.05) is 24.2 Å². The van der Waals surface area contributed by atoms with E-state index < -0.39 is 5.60 Å². The molecular formula is C22H29Cl2N3O3. The van der Waals surface area contributed by atoms with Crippen molar-refractivity contribution in [3.05, 3.63) is 52.5 Å². The maximum atomic E-state index is 12.2. The predicted octanol–water partition coefficient (Wildman–Crippen LogP) is 5.72. The molecule has 0 atom stereocenters. The number of nitrogens with zero attached hydrogens (tertiary/aromatic N) is 2. The molecule has 164 valence electrons. The molecule has 6 nitrogen and oxygen atoms in total. The number of nitrogens with one attached hydrogen (secondary N) is 1. The van der Waals surface area contributed by atoms with Gasteiger partial charge in [-0.3, -0.25) is 0 Å². The zero-order chi connectivity index (χ0) is 22.5. The fraction of sp³-hybridized carbons (Fsp3) is 0.455. The molecule has 1 aromatic heterocycles. The summed E-state index contributed by atoms with van der Waals surface area (Å²) in [4.78, 5) is 21.9. The second-order valence-electron chi connectivity index (χ2n) is 8.02. The van der Waals surface area contributed by atoms with Crippen molar-refractivity contribution in [2.75, 3.05) is 19.5 Å². The largest absolute Gasteiger partial charge is 0.500 e. The molecule has 1 N–H and O–H groups in total. The number of fused-ring (bicyclic) bond motifs is 1. The monoisotopic (exact) mass is 453 g/mol. The summed E-state index contributed by atoms with van der Waals surface area (Å²) in [7, 11) is 1.55. The molecule has 0 bridgehead atoms. The van der Waals surface area contributed by atoms with Crippen LogP contribution in [0, 0.1) is 6.92 Å². The SMILES string of the molecule is C=C(CCl)OC.Cc1ccc(-c2nc3c([nH]2)CN(C(=O)OC(C)(C)C)CC3)c(Cl)c1. The predicted molar refractivity (Wildman–Crippen MR) is 121 cm³/mol. The lowest BCUT2D eigenvalue weighted by molar-refractivity contribution is 0.0221. The average Bonchev–Trinajstić information content (AvgIpc) is 3.09. The number of aromatic amines is 1. The standard InChI is InChI=1S/C18H22ClN3O2.C4H7ClO/c1-11-5-6-12(13(19)9-11)16-20-14-7-8-22(10-15(14)21-16)17(23)24-18(2,3)4;1-4(3-5)6-2/h5-6,9H,7-8,10H2,1-4H3,(H,20,21);1,3H2,2H3. The molecule has 0 aliphatic carbocycles. The summed E-state index contributed by atoms with van der Waals surface area (Å²) >= 11 is 11.6. The van der Waals surface area contributed by atoms with Gasteiger partial charge in [-0.2, -0.15) is 0 Å². The fourth-order valence-electron chi connectivity index (χ4n) is 2.77. The molecule has 0 spiro atoms. The third kappa shape index (κ3) is 6.67. The first-order chi connectivity index (χ1) is 14.0. The van der Waals surface area contributed by atoms with Gasteiger partial charge >= 0.3 is 6.09 Å². The van der Waals surface area contributed by atoms with E-state index in [1.807, 2.05) is 45.9 Å². The highest BCUT2D eigenvalue weighted by Crippen LogP contribution is 2.29. The normalized spacial score (nSPS) is 13.1. The van der Waals surface area contributed by atoms with Crippen LogP contribution in [0.2, 0.25) is 5.02 Å². The van der Waals surface area contributed by atoms with Gasteiger partial charge in [0, 0.05) is 18.5 Å². The third-order valence-electron chi connectivity index (χ3n) is 4.30. The Bertz CT molecular complexity index is 898. The van der Waals surface area contributed by atoms with E-state index in [0.29, 0.717) is 36.2 Å². The van der Waals surface area contributed by atoms with E-state index in [1.165, 1.54) is 0 Å². The van der Waals surface area contributed by atoms with E-state index in [2.05, 4.69) is 21.3 Å². The Hall–Kier alpha value is -2.18. The summed E-state index contributed by atoms with van der Waals surface area (Å²) in [5, 5.41) is 0.671. The zero-order valence-corrected chi connectivity index (χ0v) is 19.7. The molecule has 0 fully saturated rings. The number of hydrogen-bond acceptors (Lipinski definition) is 4. The first kappa shape index (κ1) is 24.1. The fourth-order valence-corrected chi connectivity index (χ4v) is 3.20. The molecule has 3 rings (SSSR count).